The minimum atomic E-state index is -0.359. The van der Waals surface area contributed by atoms with Gasteiger partial charge in [0.25, 0.3) is 0 Å². The van der Waals surface area contributed by atoms with Crippen LogP contribution in [0.4, 0.5) is 4.79 Å². The van der Waals surface area contributed by atoms with E-state index in [9.17, 15) is 9.90 Å². The highest BCUT2D eigenvalue weighted by atomic mass is 16.5. The molecule has 130 valence electrons. The normalized spacial score (nSPS) is 18.0. The first-order valence-corrected chi connectivity index (χ1v) is 8.18. The molecule has 7 heteroatoms. The lowest BCUT2D eigenvalue weighted by Crippen LogP contribution is -2.52. The number of nitrogens with one attached hydrogen (secondary N) is 1. The molecule has 2 amide bonds. The van der Waals surface area contributed by atoms with E-state index in [1.54, 1.807) is 13.2 Å². The summed E-state index contributed by atoms with van der Waals surface area (Å²) in [7, 11) is 0. The average Bonchev–Trinajstić information content (AvgIpc) is 2.97. The van der Waals surface area contributed by atoms with Gasteiger partial charge in [0.1, 0.15) is 6.26 Å². The molecule has 23 heavy (non-hydrogen) atoms. The van der Waals surface area contributed by atoms with Crippen LogP contribution in [0.1, 0.15) is 32.9 Å². The van der Waals surface area contributed by atoms with E-state index < -0.39 is 0 Å². The zero-order valence-electron chi connectivity index (χ0n) is 14.3. The van der Waals surface area contributed by atoms with Crippen LogP contribution in [0, 0.1) is 5.41 Å². The van der Waals surface area contributed by atoms with E-state index in [4.69, 9.17) is 4.52 Å². The molecule has 2 N–H and O–H groups in total. The molecule has 1 aliphatic heterocycles. The Morgan fingerprint density at radius 2 is 2.13 bits per heavy atom. The lowest BCUT2D eigenvalue weighted by atomic mass is 9.87. The van der Waals surface area contributed by atoms with Gasteiger partial charge in [-0.1, -0.05) is 19.0 Å². The maximum atomic E-state index is 12.3. The van der Waals surface area contributed by atoms with Gasteiger partial charge in [-0.15, -0.1) is 0 Å². The van der Waals surface area contributed by atoms with Crippen molar-refractivity contribution in [2.24, 2.45) is 5.41 Å². The summed E-state index contributed by atoms with van der Waals surface area (Å²) in [6.07, 6.45) is 1.88. The number of amides is 2. The van der Waals surface area contributed by atoms with Gasteiger partial charge >= 0.3 is 6.03 Å². The summed E-state index contributed by atoms with van der Waals surface area (Å²) in [5.41, 5.74) is 0.807. The van der Waals surface area contributed by atoms with Crippen LogP contribution in [0.15, 0.2) is 16.9 Å². The summed E-state index contributed by atoms with van der Waals surface area (Å²) >= 11 is 0. The van der Waals surface area contributed by atoms with E-state index in [2.05, 4.69) is 29.2 Å². The van der Waals surface area contributed by atoms with E-state index >= 15 is 0 Å². The molecule has 1 fully saturated rings. The molecule has 1 unspecified atom stereocenters. The zero-order chi connectivity index (χ0) is 16.9. The maximum Gasteiger partial charge on any atom is 0.317 e. The SMILES string of the molecule is CC(O)CC(C)(C)CNC(=O)N1CCN(Cc2ccon2)CC1. The fraction of sp³-hybridized carbons (Fsp3) is 0.750. The summed E-state index contributed by atoms with van der Waals surface area (Å²) in [5, 5.41) is 16.4. The molecule has 0 spiro atoms. The summed E-state index contributed by atoms with van der Waals surface area (Å²) in [4.78, 5) is 16.4. The Morgan fingerprint density at radius 3 is 2.70 bits per heavy atom. The molecule has 2 rings (SSSR count). The quantitative estimate of drug-likeness (QED) is 0.824. The highest BCUT2D eigenvalue weighted by molar-refractivity contribution is 5.74. The second kappa shape index (κ2) is 7.79. The zero-order valence-corrected chi connectivity index (χ0v) is 14.3. The molecule has 1 aromatic heterocycles. The molecule has 1 saturated heterocycles. The van der Waals surface area contributed by atoms with Crippen molar-refractivity contribution < 1.29 is 14.4 Å². The fourth-order valence-electron chi connectivity index (χ4n) is 2.96. The fourth-order valence-corrected chi connectivity index (χ4v) is 2.96. The Kier molecular flexibility index (Phi) is 6.01. The Morgan fingerprint density at radius 1 is 1.43 bits per heavy atom. The molecule has 0 saturated carbocycles. The van der Waals surface area contributed by atoms with Crippen molar-refractivity contribution in [1.29, 1.82) is 0 Å². The van der Waals surface area contributed by atoms with Gasteiger partial charge in [-0.3, -0.25) is 4.90 Å². The van der Waals surface area contributed by atoms with Crippen LogP contribution in [0.5, 0.6) is 0 Å². The van der Waals surface area contributed by atoms with Crippen LogP contribution in [-0.2, 0) is 6.54 Å². The lowest BCUT2D eigenvalue weighted by molar-refractivity contribution is 0.117. The Hall–Kier alpha value is -1.60. The van der Waals surface area contributed by atoms with Gasteiger partial charge in [0.05, 0.1) is 11.8 Å². The van der Waals surface area contributed by atoms with E-state index in [0.29, 0.717) is 26.1 Å². The summed E-state index contributed by atoms with van der Waals surface area (Å²) in [6.45, 7) is 10.3. The highest BCUT2D eigenvalue weighted by Gasteiger charge is 2.25. The summed E-state index contributed by atoms with van der Waals surface area (Å²) < 4.78 is 4.84. The topological polar surface area (TPSA) is 81.8 Å². The molecule has 1 atom stereocenters. The third-order valence-electron chi connectivity index (χ3n) is 4.10. The molecule has 0 aromatic carbocycles. The molecule has 1 aliphatic rings. The molecule has 0 radical (unpaired) electrons. The predicted molar refractivity (Wildman–Crippen MR) is 86.8 cm³/mol. The van der Waals surface area contributed by atoms with E-state index in [1.807, 2.05) is 11.0 Å². The van der Waals surface area contributed by atoms with E-state index in [0.717, 1.165) is 25.3 Å². The Bertz CT molecular complexity index is 480. The number of aliphatic hydroxyl groups is 1. The minimum absolute atomic E-state index is 0.0234. The van der Waals surface area contributed by atoms with Gasteiger partial charge in [0, 0.05) is 45.3 Å². The van der Waals surface area contributed by atoms with Gasteiger partial charge in [0.2, 0.25) is 0 Å². The van der Waals surface area contributed by atoms with E-state index in [1.165, 1.54) is 0 Å². The molecule has 0 aliphatic carbocycles. The smallest absolute Gasteiger partial charge is 0.317 e. The first-order valence-electron chi connectivity index (χ1n) is 8.18. The van der Waals surface area contributed by atoms with Crippen molar-refractivity contribution in [3.05, 3.63) is 18.0 Å². The third-order valence-corrected chi connectivity index (χ3v) is 4.10. The van der Waals surface area contributed by atoms with Crippen LogP contribution < -0.4 is 5.32 Å². The van der Waals surface area contributed by atoms with Crippen molar-refractivity contribution in [1.82, 2.24) is 20.3 Å². The van der Waals surface area contributed by atoms with Crippen molar-refractivity contribution in [2.75, 3.05) is 32.7 Å². The third kappa shape index (κ3) is 5.84. The number of rotatable bonds is 6. The predicted octanol–water partition coefficient (Wildman–Crippen LogP) is 1.30. The highest BCUT2D eigenvalue weighted by Crippen LogP contribution is 2.21. The first kappa shape index (κ1) is 17.7. The van der Waals surface area contributed by atoms with Crippen LogP contribution in [0.2, 0.25) is 0 Å². The number of aromatic nitrogens is 1. The van der Waals surface area contributed by atoms with E-state index in [-0.39, 0.29) is 17.6 Å². The number of hydrogen-bond acceptors (Lipinski definition) is 5. The summed E-state index contributed by atoms with van der Waals surface area (Å²) in [5.74, 6) is 0. The molecular weight excluding hydrogens is 296 g/mol. The monoisotopic (exact) mass is 324 g/mol. The maximum absolute atomic E-state index is 12.3. The van der Waals surface area contributed by atoms with Crippen LogP contribution in [-0.4, -0.2) is 64.9 Å². The largest absolute Gasteiger partial charge is 0.393 e. The number of aliphatic hydroxyl groups excluding tert-OH is 1. The second-order valence-corrected chi connectivity index (χ2v) is 7.13. The van der Waals surface area contributed by atoms with Crippen molar-refractivity contribution in [3.63, 3.8) is 0 Å². The number of urea groups is 1. The molecule has 0 bridgehead atoms. The van der Waals surface area contributed by atoms with Gasteiger partial charge in [-0.05, 0) is 18.8 Å². The molecule has 1 aromatic rings. The van der Waals surface area contributed by atoms with Gasteiger partial charge in [-0.2, -0.15) is 0 Å². The number of hydrogen-bond donors (Lipinski definition) is 2. The average molecular weight is 324 g/mol. The first-order chi connectivity index (χ1) is 10.9. The Labute approximate surface area is 137 Å². The number of carbonyl (C=O) groups excluding carboxylic acids is 1. The lowest BCUT2D eigenvalue weighted by Gasteiger charge is -2.35. The van der Waals surface area contributed by atoms with Crippen LogP contribution >= 0.6 is 0 Å². The Balaban J connectivity index is 1.71. The van der Waals surface area contributed by atoms with Crippen molar-refractivity contribution in [2.45, 2.75) is 39.8 Å². The summed E-state index contributed by atoms with van der Waals surface area (Å²) in [6, 6.07) is 1.84. The molecular formula is C16H28N4O3. The van der Waals surface area contributed by atoms with Gasteiger partial charge < -0.3 is 19.8 Å². The number of piperazine rings is 1. The van der Waals surface area contributed by atoms with Gasteiger partial charge in [0.15, 0.2) is 0 Å². The molecule has 2 heterocycles. The van der Waals surface area contributed by atoms with Crippen molar-refractivity contribution in [3.8, 4) is 0 Å². The number of carbonyl (C=O) groups is 1. The van der Waals surface area contributed by atoms with Gasteiger partial charge in [-0.25, -0.2) is 4.79 Å². The minimum Gasteiger partial charge on any atom is -0.393 e. The van der Waals surface area contributed by atoms with Crippen molar-refractivity contribution >= 4 is 6.03 Å². The van der Waals surface area contributed by atoms with Crippen LogP contribution in [0.3, 0.4) is 0 Å². The number of nitrogens with zero attached hydrogens (tertiary/aromatic N) is 3. The standard InChI is InChI=1S/C16H28N4O3/c1-13(21)10-16(2,3)12-17-15(22)20-7-5-19(6-8-20)11-14-4-9-23-18-14/h4,9,13,21H,5-8,10-12H2,1-3H3,(H,17,22). The van der Waals surface area contributed by atoms with Crippen LogP contribution in [0.25, 0.3) is 0 Å². The molecule has 7 nitrogen and oxygen atoms in total. The second-order valence-electron chi connectivity index (χ2n) is 7.13.